The number of phenols is 1. The van der Waals surface area contributed by atoms with Crippen LogP contribution in [0.25, 0.3) is 0 Å². The van der Waals surface area contributed by atoms with Gasteiger partial charge in [-0.2, -0.15) is 0 Å². The number of carbonyl (C=O) groups is 1. The highest BCUT2D eigenvalue weighted by Gasteiger charge is 2.00. The molecule has 5 heteroatoms. The highest BCUT2D eigenvalue weighted by Crippen LogP contribution is 2.08. The summed E-state index contributed by atoms with van der Waals surface area (Å²) in [6.45, 7) is 0.124. The van der Waals surface area contributed by atoms with Crippen molar-refractivity contribution in [2.45, 2.75) is 6.54 Å². The maximum Gasteiger partial charge on any atom is 0.407 e. The predicted octanol–water partition coefficient (Wildman–Crippen LogP) is 0.611. The van der Waals surface area contributed by atoms with E-state index in [1.165, 1.54) is 12.1 Å². The van der Waals surface area contributed by atoms with E-state index < -0.39 is 6.09 Å². The lowest BCUT2D eigenvalue weighted by molar-refractivity contribution is 0.119. The van der Waals surface area contributed by atoms with Crippen LogP contribution in [0.1, 0.15) is 5.56 Å². The molecule has 0 atom stereocenters. The molecule has 15 heavy (non-hydrogen) atoms. The molecule has 0 fully saturated rings. The molecule has 1 aromatic rings. The van der Waals surface area contributed by atoms with Gasteiger partial charge in [0.2, 0.25) is 0 Å². The molecular formula is C10H13NO4. The maximum atomic E-state index is 10.9. The van der Waals surface area contributed by atoms with Gasteiger partial charge in [-0.05, 0) is 17.7 Å². The molecule has 0 saturated carbocycles. The first-order chi connectivity index (χ1) is 7.22. The van der Waals surface area contributed by atoms with E-state index in [1.54, 1.807) is 12.1 Å². The summed E-state index contributed by atoms with van der Waals surface area (Å²) in [5.41, 5.74) is 0.855. The zero-order valence-corrected chi connectivity index (χ0v) is 8.14. The summed E-state index contributed by atoms with van der Waals surface area (Å²) >= 11 is 0. The highest BCUT2D eigenvalue weighted by atomic mass is 16.6. The number of alkyl carbamates (subject to hydrolysis) is 1. The van der Waals surface area contributed by atoms with Crippen LogP contribution in [0.3, 0.4) is 0 Å². The normalized spacial score (nSPS) is 9.67. The quantitative estimate of drug-likeness (QED) is 0.681. The van der Waals surface area contributed by atoms with Crippen LogP contribution < -0.4 is 5.32 Å². The smallest absolute Gasteiger partial charge is 0.407 e. The van der Waals surface area contributed by atoms with Crippen LogP contribution in [-0.4, -0.2) is 29.5 Å². The maximum absolute atomic E-state index is 10.9. The van der Waals surface area contributed by atoms with Crippen LogP contribution in [-0.2, 0) is 11.3 Å². The molecule has 0 aliphatic heterocycles. The topological polar surface area (TPSA) is 78.8 Å². The molecule has 0 spiro atoms. The number of hydrogen-bond donors (Lipinski definition) is 3. The number of carbonyl (C=O) groups excluding carboxylic acids is 1. The molecule has 0 aliphatic carbocycles. The van der Waals surface area contributed by atoms with Gasteiger partial charge < -0.3 is 20.3 Å². The van der Waals surface area contributed by atoms with Gasteiger partial charge in [0.25, 0.3) is 0 Å². The second kappa shape index (κ2) is 5.87. The summed E-state index contributed by atoms with van der Waals surface area (Å²) < 4.78 is 4.59. The standard InChI is InChI=1S/C10H13NO4/c12-5-6-15-10(14)11-7-8-1-3-9(13)4-2-8/h1-4,12-13H,5-7H2,(H,11,14). The highest BCUT2D eigenvalue weighted by molar-refractivity contribution is 5.67. The van der Waals surface area contributed by atoms with Gasteiger partial charge in [0.1, 0.15) is 12.4 Å². The van der Waals surface area contributed by atoms with Gasteiger partial charge in [0.05, 0.1) is 6.61 Å². The van der Waals surface area contributed by atoms with Crippen molar-refractivity contribution in [3.63, 3.8) is 0 Å². The van der Waals surface area contributed by atoms with E-state index in [0.717, 1.165) is 5.56 Å². The number of benzene rings is 1. The van der Waals surface area contributed by atoms with Crippen LogP contribution in [0, 0.1) is 0 Å². The number of hydrogen-bond acceptors (Lipinski definition) is 4. The Balaban J connectivity index is 2.30. The fourth-order valence-corrected chi connectivity index (χ4v) is 0.977. The van der Waals surface area contributed by atoms with Crippen LogP contribution in [0.15, 0.2) is 24.3 Å². The third-order valence-electron chi connectivity index (χ3n) is 1.70. The van der Waals surface area contributed by atoms with Gasteiger partial charge in [-0.25, -0.2) is 4.79 Å². The molecule has 82 valence electrons. The SMILES string of the molecule is O=C(NCc1ccc(O)cc1)OCCO. The minimum atomic E-state index is -0.572. The monoisotopic (exact) mass is 211 g/mol. The van der Waals surface area contributed by atoms with E-state index >= 15 is 0 Å². The molecule has 1 rings (SSSR count). The Bertz CT molecular complexity index is 310. The molecule has 0 saturated heterocycles. The first-order valence-corrected chi connectivity index (χ1v) is 4.52. The third kappa shape index (κ3) is 4.33. The van der Waals surface area contributed by atoms with E-state index in [9.17, 15) is 4.79 Å². The van der Waals surface area contributed by atoms with Crippen molar-refractivity contribution >= 4 is 6.09 Å². The molecule has 0 aromatic heterocycles. The average molecular weight is 211 g/mol. The van der Waals surface area contributed by atoms with Crippen LogP contribution in [0.2, 0.25) is 0 Å². The number of aliphatic hydroxyl groups excluding tert-OH is 1. The van der Waals surface area contributed by atoms with Gasteiger partial charge >= 0.3 is 6.09 Å². The molecular weight excluding hydrogens is 198 g/mol. The van der Waals surface area contributed by atoms with Gasteiger partial charge in [0, 0.05) is 6.54 Å². The Morgan fingerprint density at radius 3 is 2.60 bits per heavy atom. The van der Waals surface area contributed by atoms with Crippen LogP contribution >= 0.6 is 0 Å². The lowest BCUT2D eigenvalue weighted by Gasteiger charge is -2.05. The van der Waals surface area contributed by atoms with Crippen LogP contribution in [0.5, 0.6) is 5.75 Å². The summed E-state index contributed by atoms with van der Waals surface area (Å²) in [6, 6.07) is 6.47. The zero-order valence-electron chi connectivity index (χ0n) is 8.14. The van der Waals surface area contributed by atoms with Crippen molar-refractivity contribution in [2.24, 2.45) is 0 Å². The van der Waals surface area contributed by atoms with Crippen molar-refractivity contribution < 1.29 is 19.7 Å². The molecule has 1 amide bonds. The Hall–Kier alpha value is -1.75. The first-order valence-electron chi connectivity index (χ1n) is 4.52. The van der Waals surface area contributed by atoms with E-state index in [4.69, 9.17) is 10.2 Å². The number of amides is 1. The van der Waals surface area contributed by atoms with Crippen molar-refractivity contribution in [2.75, 3.05) is 13.2 Å². The third-order valence-corrected chi connectivity index (χ3v) is 1.70. The second-order valence-corrected chi connectivity index (χ2v) is 2.88. The zero-order chi connectivity index (χ0) is 11.1. The molecule has 5 nitrogen and oxygen atoms in total. The van der Waals surface area contributed by atoms with Gasteiger partial charge in [-0.1, -0.05) is 12.1 Å². The largest absolute Gasteiger partial charge is 0.508 e. The molecule has 1 aromatic carbocycles. The minimum Gasteiger partial charge on any atom is -0.508 e. The lowest BCUT2D eigenvalue weighted by Crippen LogP contribution is -2.24. The summed E-state index contributed by atoms with van der Waals surface area (Å²) in [7, 11) is 0. The predicted molar refractivity (Wildman–Crippen MR) is 53.4 cm³/mol. The lowest BCUT2D eigenvalue weighted by atomic mass is 10.2. The van der Waals surface area contributed by atoms with E-state index in [1.807, 2.05) is 0 Å². The first kappa shape index (κ1) is 11.3. The van der Waals surface area contributed by atoms with Crippen molar-refractivity contribution in [1.29, 1.82) is 0 Å². The number of nitrogens with one attached hydrogen (secondary N) is 1. The average Bonchev–Trinajstić information content (AvgIpc) is 2.25. The molecule has 0 radical (unpaired) electrons. The van der Waals surface area contributed by atoms with Gasteiger partial charge in [-0.15, -0.1) is 0 Å². The van der Waals surface area contributed by atoms with Gasteiger partial charge in [0.15, 0.2) is 0 Å². The van der Waals surface area contributed by atoms with E-state index in [0.29, 0.717) is 6.54 Å². The summed E-state index contributed by atoms with van der Waals surface area (Å²) in [5, 5.41) is 19.9. The number of aliphatic hydroxyl groups is 1. The van der Waals surface area contributed by atoms with Gasteiger partial charge in [-0.3, -0.25) is 0 Å². The fraction of sp³-hybridized carbons (Fsp3) is 0.300. The fourth-order valence-electron chi connectivity index (χ4n) is 0.977. The van der Waals surface area contributed by atoms with Crippen molar-refractivity contribution in [3.8, 4) is 5.75 Å². The Morgan fingerprint density at radius 1 is 1.33 bits per heavy atom. The summed E-state index contributed by atoms with van der Waals surface area (Å²) in [6.07, 6.45) is -0.572. The van der Waals surface area contributed by atoms with E-state index in [-0.39, 0.29) is 19.0 Å². The molecule has 3 N–H and O–H groups in total. The Kier molecular flexibility index (Phi) is 4.43. The second-order valence-electron chi connectivity index (χ2n) is 2.88. The van der Waals surface area contributed by atoms with Crippen LogP contribution in [0.4, 0.5) is 4.79 Å². The number of phenolic OH excluding ortho intramolecular Hbond substituents is 1. The number of aromatic hydroxyl groups is 1. The Morgan fingerprint density at radius 2 is 2.00 bits per heavy atom. The molecule has 0 aliphatic rings. The molecule has 0 heterocycles. The van der Waals surface area contributed by atoms with E-state index in [2.05, 4.69) is 10.1 Å². The summed E-state index contributed by atoms with van der Waals surface area (Å²) in [4.78, 5) is 10.9. The summed E-state index contributed by atoms with van der Waals surface area (Å²) in [5.74, 6) is 0.182. The Labute approximate surface area is 87.3 Å². The molecule has 0 unspecified atom stereocenters. The molecule has 0 bridgehead atoms. The van der Waals surface area contributed by atoms with Crippen molar-refractivity contribution in [1.82, 2.24) is 5.32 Å². The van der Waals surface area contributed by atoms with Crippen molar-refractivity contribution in [3.05, 3.63) is 29.8 Å². The number of ether oxygens (including phenoxy) is 1. The minimum absolute atomic E-state index is 0.0125. The number of rotatable bonds is 4.